The number of hydrogen-bond acceptors (Lipinski definition) is 0. The maximum absolute atomic E-state index is 2.25. The molecule has 0 aromatic heterocycles. The summed E-state index contributed by atoms with van der Waals surface area (Å²) in [4.78, 5) is 0. The maximum Gasteiger partial charge on any atom is -0.0133 e. The van der Waals surface area contributed by atoms with Gasteiger partial charge in [0, 0.05) is 0 Å². The van der Waals surface area contributed by atoms with Crippen LogP contribution in [-0.4, -0.2) is 0 Å². The van der Waals surface area contributed by atoms with Crippen LogP contribution in [0.1, 0.15) is 25.7 Å². The maximum atomic E-state index is 2.25. The molecule has 0 N–H and O–H groups in total. The Balaban J connectivity index is 2.38. The molecule has 0 spiro atoms. The predicted octanol–water partition coefficient (Wildman–Crippen LogP) is 3.99. The lowest BCUT2D eigenvalue weighted by atomic mass is 10.2. The van der Waals surface area contributed by atoms with Crippen molar-refractivity contribution in [2.24, 2.45) is 0 Å². The lowest BCUT2D eigenvalue weighted by Gasteiger charge is -1.85. The van der Waals surface area contributed by atoms with Crippen molar-refractivity contribution < 1.29 is 0 Å². The molecular weight excluding hydrogens is 156 g/mol. The van der Waals surface area contributed by atoms with E-state index < -0.39 is 0 Å². The summed E-state index contributed by atoms with van der Waals surface area (Å²) in [7, 11) is 0. The van der Waals surface area contributed by atoms with Crippen molar-refractivity contribution in [2.45, 2.75) is 25.7 Å². The van der Waals surface area contributed by atoms with Crippen molar-refractivity contribution in [3.05, 3.63) is 55.0 Å². The van der Waals surface area contributed by atoms with Gasteiger partial charge < -0.3 is 0 Å². The quantitative estimate of drug-likeness (QED) is 0.486. The van der Waals surface area contributed by atoms with Crippen molar-refractivity contribution >= 4 is 0 Å². The number of rotatable bonds is 0. The van der Waals surface area contributed by atoms with Crippen molar-refractivity contribution in [3.8, 4) is 0 Å². The Hall–Kier alpha value is -1.04. The first-order valence-corrected chi connectivity index (χ1v) is 4.95. The van der Waals surface area contributed by atoms with Gasteiger partial charge in [0.05, 0.1) is 0 Å². The zero-order valence-electron chi connectivity index (χ0n) is 8.02. The molecule has 0 fully saturated rings. The predicted molar refractivity (Wildman–Crippen MR) is 59.3 cm³/mol. The molecule has 0 unspecified atom stereocenters. The third kappa shape index (κ3) is 6.15. The summed E-state index contributed by atoms with van der Waals surface area (Å²) in [5.41, 5.74) is 0. The molecule has 13 heavy (non-hydrogen) atoms. The minimum Gasteiger partial charge on any atom is -0.0879 e. The van der Waals surface area contributed by atoms with E-state index in [1.807, 2.05) is 0 Å². The summed E-state index contributed by atoms with van der Waals surface area (Å²) in [6, 6.07) is 0. The molecule has 0 amide bonds. The Labute approximate surface area is 81.4 Å². The minimum atomic E-state index is 1.03. The fourth-order valence-corrected chi connectivity index (χ4v) is 1.15. The van der Waals surface area contributed by atoms with Crippen molar-refractivity contribution in [1.82, 2.24) is 0 Å². The second-order valence-corrected chi connectivity index (χ2v) is 3.04. The summed E-state index contributed by atoms with van der Waals surface area (Å²) in [6.07, 6.45) is 24.0. The molecule has 0 aliphatic heterocycles. The molecule has 0 atom stereocenters. The molecule has 0 heterocycles. The SMILES string of the molecule is [CH]1/C=C/C/C=C/CC/C=C\C=C\C1. The fourth-order valence-electron chi connectivity index (χ4n) is 1.15. The molecule has 0 nitrogen and oxygen atoms in total. The van der Waals surface area contributed by atoms with Crippen LogP contribution in [0, 0.1) is 6.42 Å². The molecule has 0 bridgehead atoms. The summed E-state index contributed by atoms with van der Waals surface area (Å²) < 4.78 is 0. The fraction of sp³-hybridized carbons (Fsp3) is 0.308. The van der Waals surface area contributed by atoms with E-state index in [1.54, 1.807) is 0 Å². The Kier molecular flexibility index (Phi) is 5.87. The molecule has 1 aliphatic carbocycles. The van der Waals surface area contributed by atoms with Crippen molar-refractivity contribution in [1.29, 1.82) is 0 Å². The Morgan fingerprint density at radius 1 is 0.538 bits per heavy atom. The van der Waals surface area contributed by atoms with Gasteiger partial charge in [0.15, 0.2) is 0 Å². The molecule has 0 heteroatoms. The van der Waals surface area contributed by atoms with Gasteiger partial charge in [0.25, 0.3) is 0 Å². The van der Waals surface area contributed by atoms with Gasteiger partial charge in [-0.1, -0.05) is 48.6 Å². The average Bonchev–Trinajstić information content (AvgIpc) is 2.18. The van der Waals surface area contributed by atoms with E-state index in [2.05, 4.69) is 55.0 Å². The van der Waals surface area contributed by atoms with Crippen LogP contribution in [0.3, 0.4) is 0 Å². The zero-order valence-corrected chi connectivity index (χ0v) is 8.02. The van der Waals surface area contributed by atoms with Gasteiger partial charge in [-0.15, -0.1) is 0 Å². The van der Waals surface area contributed by atoms with Crippen LogP contribution in [0.25, 0.3) is 0 Å². The van der Waals surface area contributed by atoms with Crippen LogP contribution in [0.5, 0.6) is 0 Å². The van der Waals surface area contributed by atoms with E-state index in [4.69, 9.17) is 0 Å². The van der Waals surface area contributed by atoms with E-state index in [9.17, 15) is 0 Å². The van der Waals surface area contributed by atoms with Gasteiger partial charge in [-0.25, -0.2) is 0 Å². The van der Waals surface area contributed by atoms with Crippen LogP contribution in [0.2, 0.25) is 0 Å². The van der Waals surface area contributed by atoms with Crippen LogP contribution >= 0.6 is 0 Å². The standard InChI is InChI=1S/C13H17/c1-2-4-6-8-10-12-13-11-9-7-5-3-1/h1-4,7,9-12H,5-6,8,13H2/b3-1+,4-2-,11-9+,12-10+. The van der Waals surface area contributed by atoms with Gasteiger partial charge in [0.2, 0.25) is 0 Å². The Morgan fingerprint density at radius 2 is 1.31 bits per heavy atom. The minimum absolute atomic E-state index is 1.03. The van der Waals surface area contributed by atoms with Gasteiger partial charge in [0.1, 0.15) is 0 Å². The van der Waals surface area contributed by atoms with Crippen molar-refractivity contribution in [3.63, 3.8) is 0 Å². The molecule has 0 saturated heterocycles. The smallest absolute Gasteiger partial charge is 0.0133 e. The van der Waals surface area contributed by atoms with Crippen molar-refractivity contribution in [2.75, 3.05) is 0 Å². The Morgan fingerprint density at radius 3 is 2.31 bits per heavy atom. The highest BCUT2D eigenvalue weighted by molar-refractivity contribution is 5.08. The largest absolute Gasteiger partial charge is 0.0879 e. The molecular formula is C13H17. The van der Waals surface area contributed by atoms with Crippen LogP contribution in [-0.2, 0) is 0 Å². The first-order chi connectivity index (χ1) is 6.50. The van der Waals surface area contributed by atoms with E-state index in [0.29, 0.717) is 0 Å². The van der Waals surface area contributed by atoms with Gasteiger partial charge in [-0.3, -0.25) is 0 Å². The first-order valence-electron chi connectivity index (χ1n) is 4.95. The van der Waals surface area contributed by atoms with E-state index in [0.717, 1.165) is 25.7 Å². The summed E-state index contributed by atoms with van der Waals surface area (Å²) >= 11 is 0. The molecule has 1 rings (SSSR count). The van der Waals surface area contributed by atoms with Crippen LogP contribution in [0.4, 0.5) is 0 Å². The van der Waals surface area contributed by atoms with E-state index in [1.165, 1.54) is 0 Å². The molecule has 1 radical (unpaired) electrons. The molecule has 1 aliphatic rings. The normalized spacial score (nSPS) is 28.9. The van der Waals surface area contributed by atoms with Crippen LogP contribution in [0.15, 0.2) is 48.6 Å². The van der Waals surface area contributed by atoms with E-state index in [-0.39, 0.29) is 0 Å². The summed E-state index contributed by atoms with van der Waals surface area (Å²) in [6.45, 7) is 0. The molecule has 69 valence electrons. The second-order valence-electron chi connectivity index (χ2n) is 3.04. The zero-order chi connectivity index (χ0) is 9.19. The van der Waals surface area contributed by atoms with Gasteiger partial charge >= 0.3 is 0 Å². The van der Waals surface area contributed by atoms with Gasteiger partial charge in [-0.2, -0.15) is 0 Å². The lowest BCUT2D eigenvalue weighted by molar-refractivity contribution is 1.04. The van der Waals surface area contributed by atoms with E-state index >= 15 is 0 Å². The molecule has 0 aromatic carbocycles. The monoisotopic (exact) mass is 173 g/mol. The third-order valence-electron chi connectivity index (χ3n) is 1.87. The number of hydrogen-bond donors (Lipinski definition) is 0. The van der Waals surface area contributed by atoms with Gasteiger partial charge in [-0.05, 0) is 32.1 Å². The Bertz CT molecular complexity index is 192. The highest BCUT2D eigenvalue weighted by atomic mass is 13.9. The average molecular weight is 173 g/mol. The summed E-state index contributed by atoms with van der Waals surface area (Å²) in [5, 5.41) is 0. The molecule has 0 saturated carbocycles. The highest BCUT2D eigenvalue weighted by Crippen LogP contribution is 1.99. The first kappa shape index (κ1) is 10.0. The topological polar surface area (TPSA) is 0 Å². The second kappa shape index (κ2) is 7.60. The van der Waals surface area contributed by atoms with Crippen LogP contribution < -0.4 is 0 Å². The summed E-state index contributed by atoms with van der Waals surface area (Å²) in [5.74, 6) is 0. The highest BCUT2D eigenvalue weighted by Gasteiger charge is 1.79. The number of allylic oxidation sites excluding steroid dienone is 8. The lowest BCUT2D eigenvalue weighted by Crippen LogP contribution is -1.65. The molecule has 0 aromatic rings. The third-order valence-corrected chi connectivity index (χ3v) is 1.87.